The summed E-state index contributed by atoms with van der Waals surface area (Å²) in [6, 6.07) is 6.00. The predicted octanol–water partition coefficient (Wildman–Crippen LogP) is 3.22. The predicted molar refractivity (Wildman–Crippen MR) is 59.8 cm³/mol. The minimum Gasteiger partial charge on any atom is -0.292 e. The van der Waals surface area contributed by atoms with Crippen LogP contribution >= 0.6 is 31.9 Å². The van der Waals surface area contributed by atoms with Gasteiger partial charge in [-0.25, -0.2) is 0 Å². The molecule has 0 saturated heterocycles. The highest BCUT2D eigenvalue weighted by molar-refractivity contribution is 9.26. The Bertz CT molecular complexity index is 383. The van der Waals surface area contributed by atoms with Crippen molar-refractivity contribution in [2.45, 2.75) is 16.6 Å². The largest absolute Gasteiger partial charge is 0.292 e. The summed E-state index contributed by atoms with van der Waals surface area (Å²) in [5.41, 5.74) is 3.09. The highest BCUT2D eigenvalue weighted by atomic mass is 79.9. The number of aryl methyl sites for hydroxylation is 1. The summed E-state index contributed by atoms with van der Waals surface area (Å²) in [7, 11) is 0. The Morgan fingerprint density at radius 3 is 2.77 bits per heavy atom. The van der Waals surface area contributed by atoms with Gasteiger partial charge in [-0.1, -0.05) is 49.6 Å². The van der Waals surface area contributed by atoms with Crippen molar-refractivity contribution in [1.82, 2.24) is 0 Å². The molecule has 1 aliphatic carbocycles. The van der Waals surface area contributed by atoms with Crippen LogP contribution in [0.3, 0.4) is 0 Å². The van der Waals surface area contributed by atoms with Gasteiger partial charge in [-0.15, -0.1) is 0 Å². The first-order valence-corrected chi connectivity index (χ1v) is 5.61. The minimum atomic E-state index is -0.559. The van der Waals surface area contributed by atoms with Crippen molar-refractivity contribution in [1.29, 1.82) is 0 Å². The zero-order chi connectivity index (χ0) is 9.64. The number of carbonyl (C=O) groups excluding carboxylic acids is 1. The molecular weight excluding hydrogens is 296 g/mol. The summed E-state index contributed by atoms with van der Waals surface area (Å²) in [4.78, 5) is 11.8. The molecule has 0 heterocycles. The number of Topliss-reactive ketones (excluding diaryl/α,β-unsaturated/α-hetero) is 1. The summed E-state index contributed by atoms with van der Waals surface area (Å²) in [5.74, 6) is 0.131. The number of carbonyl (C=O) groups is 1. The summed E-state index contributed by atoms with van der Waals surface area (Å²) < 4.78 is -0.559. The lowest BCUT2D eigenvalue weighted by Crippen LogP contribution is -2.19. The van der Waals surface area contributed by atoms with E-state index in [-0.39, 0.29) is 5.78 Å². The molecule has 0 fully saturated rings. The fraction of sp³-hybridized carbons (Fsp3) is 0.300. The van der Waals surface area contributed by atoms with E-state index in [0.29, 0.717) is 0 Å². The molecule has 1 nitrogen and oxygen atoms in total. The monoisotopic (exact) mass is 302 g/mol. The maximum Gasteiger partial charge on any atom is 0.190 e. The van der Waals surface area contributed by atoms with Gasteiger partial charge in [0.15, 0.2) is 5.78 Å². The molecule has 0 radical (unpaired) electrons. The van der Waals surface area contributed by atoms with E-state index in [4.69, 9.17) is 0 Å². The maximum atomic E-state index is 11.8. The van der Waals surface area contributed by atoms with Gasteiger partial charge in [0.25, 0.3) is 0 Å². The number of halogens is 2. The molecule has 2 rings (SSSR count). The Morgan fingerprint density at radius 1 is 1.38 bits per heavy atom. The van der Waals surface area contributed by atoms with Crippen LogP contribution in [0, 0.1) is 6.92 Å². The number of alkyl halides is 2. The molecule has 13 heavy (non-hydrogen) atoms. The number of benzene rings is 1. The van der Waals surface area contributed by atoms with E-state index < -0.39 is 3.23 Å². The van der Waals surface area contributed by atoms with Gasteiger partial charge in [-0.2, -0.15) is 0 Å². The molecule has 0 aromatic heterocycles. The van der Waals surface area contributed by atoms with E-state index in [1.807, 2.05) is 25.1 Å². The first-order chi connectivity index (χ1) is 6.00. The van der Waals surface area contributed by atoms with E-state index in [1.165, 1.54) is 0 Å². The van der Waals surface area contributed by atoms with Crippen LogP contribution in [0.2, 0.25) is 0 Å². The van der Waals surface area contributed by atoms with E-state index in [9.17, 15) is 4.79 Å². The van der Waals surface area contributed by atoms with E-state index in [0.717, 1.165) is 23.1 Å². The van der Waals surface area contributed by atoms with Crippen LogP contribution in [0.5, 0.6) is 0 Å². The van der Waals surface area contributed by atoms with Gasteiger partial charge >= 0.3 is 0 Å². The van der Waals surface area contributed by atoms with Crippen LogP contribution in [-0.2, 0) is 6.42 Å². The van der Waals surface area contributed by atoms with Crippen molar-refractivity contribution in [2.75, 3.05) is 0 Å². The topological polar surface area (TPSA) is 17.1 Å². The molecule has 1 aromatic carbocycles. The summed E-state index contributed by atoms with van der Waals surface area (Å²) in [6.45, 7) is 2.00. The number of ketones is 1. The van der Waals surface area contributed by atoms with Crippen molar-refractivity contribution < 1.29 is 4.79 Å². The molecule has 1 aromatic rings. The molecular formula is C10H8Br2O. The van der Waals surface area contributed by atoms with E-state index in [2.05, 4.69) is 31.9 Å². The Labute approximate surface area is 93.8 Å². The van der Waals surface area contributed by atoms with Crippen LogP contribution in [0.4, 0.5) is 0 Å². The number of hydrogen-bond acceptors (Lipinski definition) is 1. The van der Waals surface area contributed by atoms with Crippen LogP contribution < -0.4 is 0 Å². The van der Waals surface area contributed by atoms with Crippen molar-refractivity contribution in [3.8, 4) is 0 Å². The Hall–Kier alpha value is -0.150. The highest BCUT2D eigenvalue weighted by Gasteiger charge is 2.40. The highest BCUT2D eigenvalue weighted by Crippen LogP contribution is 2.41. The Kier molecular flexibility index (Phi) is 2.11. The molecule has 0 bridgehead atoms. The average molecular weight is 304 g/mol. The summed E-state index contributed by atoms with van der Waals surface area (Å²) >= 11 is 6.76. The SMILES string of the molecule is Cc1ccc2c(c1)C(=O)C(Br)(Br)C2. The van der Waals surface area contributed by atoms with Gasteiger partial charge in [0.05, 0.1) is 0 Å². The van der Waals surface area contributed by atoms with Gasteiger partial charge in [0, 0.05) is 12.0 Å². The second-order valence-corrected chi connectivity index (χ2v) is 7.14. The number of hydrogen-bond donors (Lipinski definition) is 0. The zero-order valence-electron chi connectivity index (χ0n) is 7.10. The lowest BCUT2D eigenvalue weighted by atomic mass is 10.1. The lowest BCUT2D eigenvalue weighted by Gasteiger charge is -2.07. The molecule has 0 atom stereocenters. The molecule has 3 heteroatoms. The van der Waals surface area contributed by atoms with Crippen molar-refractivity contribution >= 4 is 37.6 Å². The summed E-state index contributed by atoms with van der Waals surface area (Å²) in [6.07, 6.45) is 0.724. The normalized spacial score (nSPS) is 18.8. The van der Waals surface area contributed by atoms with Gasteiger partial charge < -0.3 is 0 Å². The molecule has 68 valence electrons. The quantitative estimate of drug-likeness (QED) is 0.673. The van der Waals surface area contributed by atoms with Crippen molar-refractivity contribution in [2.24, 2.45) is 0 Å². The van der Waals surface area contributed by atoms with Gasteiger partial charge in [-0.3, -0.25) is 4.79 Å². The van der Waals surface area contributed by atoms with Crippen LogP contribution in [0.15, 0.2) is 18.2 Å². The fourth-order valence-corrected chi connectivity index (χ4v) is 2.60. The second kappa shape index (κ2) is 2.92. The zero-order valence-corrected chi connectivity index (χ0v) is 10.3. The van der Waals surface area contributed by atoms with Gasteiger partial charge in [0.1, 0.15) is 3.23 Å². The smallest absolute Gasteiger partial charge is 0.190 e. The third kappa shape index (κ3) is 1.48. The van der Waals surface area contributed by atoms with Crippen LogP contribution in [0.25, 0.3) is 0 Å². The van der Waals surface area contributed by atoms with Gasteiger partial charge in [-0.05, 0) is 18.6 Å². The van der Waals surface area contributed by atoms with Crippen LogP contribution in [0.1, 0.15) is 21.5 Å². The fourth-order valence-electron chi connectivity index (χ4n) is 1.57. The average Bonchev–Trinajstić information content (AvgIpc) is 2.26. The minimum absolute atomic E-state index is 0.131. The van der Waals surface area contributed by atoms with Crippen LogP contribution in [-0.4, -0.2) is 9.02 Å². The summed E-state index contributed by atoms with van der Waals surface area (Å²) in [5, 5.41) is 0. The van der Waals surface area contributed by atoms with Gasteiger partial charge in [0.2, 0.25) is 0 Å². The lowest BCUT2D eigenvalue weighted by molar-refractivity contribution is 0.0994. The molecule has 0 N–H and O–H groups in total. The molecule has 0 unspecified atom stereocenters. The molecule has 0 amide bonds. The number of fused-ring (bicyclic) bond motifs is 1. The maximum absolute atomic E-state index is 11.8. The Morgan fingerprint density at radius 2 is 2.08 bits per heavy atom. The first kappa shape index (κ1) is 9.41. The van der Waals surface area contributed by atoms with E-state index in [1.54, 1.807) is 0 Å². The third-order valence-electron chi connectivity index (χ3n) is 2.25. The molecule has 0 aliphatic heterocycles. The first-order valence-electron chi connectivity index (χ1n) is 4.03. The van der Waals surface area contributed by atoms with E-state index >= 15 is 0 Å². The standard InChI is InChI=1S/C10H8Br2O/c1-6-2-3-7-5-10(11,12)9(13)8(7)4-6/h2-4H,5H2,1H3. The number of rotatable bonds is 0. The molecule has 1 aliphatic rings. The second-order valence-electron chi connectivity index (χ2n) is 3.37. The third-order valence-corrected chi connectivity index (χ3v) is 3.54. The molecule has 0 saturated carbocycles. The van der Waals surface area contributed by atoms with Crippen molar-refractivity contribution in [3.63, 3.8) is 0 Å². The van der Waals surface area contributed by atoms with Crippen molar-refractivity contribution in [3.05, 3.63) is 34.9 Å². The molecule has 0 spiro atoms. The Balaban J connectivity index is 2.57.